The fraction of sp³-hybridized carbons (Fsp3) is 0.955. The Labute approximate surface area is 195 Å². The van der Waals surface area contributed by atoms with Gasteiger partial charge in [-0.1, -0.05) is 19.3 Å². The van der Waals surface area contributed by atoms with Crippen LogP contribution in [0.25, 0.3) is 0 Å². The van der Waals surface area contributed by atoms with Crippen molar-refractivity contribution in [2.75, 3.05) is 66.1 Å². The van der Waals surface area contributed by atoms with Crippen molar-refractivity contribution in [1.29, 1.82) is 0 Å². The Morgan fingerprint density at radius 2 is 1.83 bits per heavy atom. The molecule has 0 aromatic heterocycles. The van der Waals surface area contributed by atoms with Gasteiger partial charge in [-0.25, -0.2) is 0 Å². The summed E-state index contributed by atoms with van der Waals surface area (Å²) in [7, 11) is 1.91. The van der Waals surface area contributed by atoms with Crippen molar-refractivity contribution in [2.24, 2.45) is 10.9 Å². The van der Waals surface area contributed by atoms with Gasteiger partial charge in [0.15, 0.2) is 5.96 Å². The van der Waals surface area contributed by atoms with Crippen LogP contribution in [0.1, 0.15) is 57.8 Å². The predicted octanol–water partition coefficient (Wildman–Crippen LogP) is 3.35. The molecular weight excluding hydrogens is 479 g/mol. The van der Waals surface area contributed by atoms with E-state index < -0.39 is 0 Å². The Balaban J connectivity index is 0.00000300. The normalized spacial score (nSPS) is 24.5. The number of unbranched alkanes of at least 4 members (excludes halogenated alkanes) is 2. The summed E-state index contributed by atoms with van der Waals surface area (Å²) in [6, 6.07) is 0. The van der Waals surface area contributed by atoms with E-state index in [4.69, 9.17) is 9.47 Å². The van der Waals surface area contributed by atoms with Crippen molar-refractivity contribution in [3.63, 3.8) is 0 Å². The molecule has 29 heavy (non-hydrogen) atoms. The number of rotatable bonds is 9. The average Bonchev–Trinajstić information content (AvgIpc) is 3.20. The third-order valence-electron chi connectivity index (χ3n) is 6.43. The molecule has 170 valence electrons. The third-order valence-corrected chi connectivity index (χ3v) is 6.43. The first kappa shape index (κ1) is 25.1. The van der Waals surface area contributed by atoms with Crippen LogP contribution in [-0.2, 0) is 9.47 Å². The quantitative estimate of drug-likeness (QED) is 0.218. The van der Waals surface area contributed by atoms with E-state index >= 15 is 0 Å². The first-order chi connectivity index (χ1) is 13.8. The molecule has 2 heterocycles. The monoisotopic (exact) mass is 522 g/mol. The number of hydrogen-bond donors (Lipinski definition) is 1. The van der Waals surface area contributed by atoms with E-state index in [9.17, 15) is 0 Å². The van der Waals surface area contributed by atoms with Crippen molar-refractivity contribution in [3.8, 4) is 0 Å². The summed E-state index contributed by atoms with van der Waals surface area (Å²) in [5, 5.41) is 3.58. The van der Waals surface area contributed by atoms with Crippen molar-refractivity contribution in [3.05, 3.63) is 0 Å². The minimum atomic E-state index is 0. The SMILES string of the molecule is CN=C(NCCCCCOC1CCCCC1)N1CCC(CN2CCOCC2)C1.I. The van der Waals surface area contributed by atoms with Crippen molar-refractivity contribution in [1.82, 2.24) is 15.1 Å². The Morgan fingerprint density at radius 3 is 2.59 bits per heavy atom. The summed E-state index contributed by atoms with van der Waals surface area (Å²) in [4.78, 5) is 9.52. The lowest BCUT2D eigenvalue weighted by Crippen LogP contribution is -2.42. The Bertz CT molecular complexity index is 454. The summed E-state index contributed by atoms with van der Waals surface area (Å²) in [5.41, 5.74) is 0. The second-order valence-corrected chi connectivity index (χ2v) is 8.68. The van der Waals surface area contributed by atoms with Gasteiger partial charge in [-0.2, -0.15) is 0 Å². The maximum Gasteiger partial charge on any atom is 0.193 e. The van der Waals surface area contributed by atoms with Crippen molar-refractivity contribution >= 4 is 29.9 Å². The van der Waals surface area contributed by atoms with Crippen LogP contribution in [0.15, 0.2) is 4.99 Å². The van der Waals surface area contributed by atoms with Crippen LogP contribution in [-0.4, -0.2) is 88.0 Å². The van der Waals surface area contributed by atoms with E-state index in [1.54, 1.807) is 0 Å². The zero-order valence-corrected chi connectivity index (χ0v) is 20.8. The highest BCUT2D eigenvalue weighted by Crippen LogP contribution is 2.20. The molecule has 1 unspecified atom stereocenters. The zero-order chi connectivity index (χ0) is 19.4. The molecule has 0 aromatic carbocycles. The van der Waals surface area contributed by atoms with Crippen LogP contribution in [0.3, 0.4) is 0 Å². The maximum atomic E-state index is 6.02. The van der Waals surface area contributed by atoms with Crippen LogP contribution >= 0.6 is 24.0 Å². The number of hydrogen-bond acceptors (Lipinski definition) is 4. The topological polar surface area (TPSA) is 49.3 Å². The smallest absolute Gasteiger partial charge is 0.193 e. The van der Waals surface area contributed by atoms with E-state index in [1.807, 2.05) is 7.05 Å². The molecule has 6 nitrogen and oxygen atoms in total. The molecule has 2 aliphatic heterocycles. The van der Waals surface area contributed by atoms with Crippen LogP contribution in [0, 0.1) is 5.92 Å². The van der Waals surface area contributed by atoms with E-state index in [2.05, 4.69) is 20.1 Å². The van der Waals surface area contributed by atoms with Gasteiger partial charge in [-0.3, -0.25) is 9.89 Å². The lowest BCUT2D eigenvalue weighted by Gasteiger charge is -2.29. The second-order valence-electron chi connectivity index (χ2n) is 8.68. The van der Waals surface area contributed by atoms with Gasteiger partial charge in [-0.05, 0) is 44.4 Å². The molecule has 3 aliphatic rings. The lowest BCUT2D eigenvalue weighted by molar-refractivity contribution is 0.0263. The first-order valence-corrected chi connectivity index (χ1v) is 11.7. The minimum Gasteiger partial charge on any atom is -0.379 e. The Morgan fingerprint density at radius 1 is 1.03 bits per heavy atom. The number of ether oxygens (including phenoxy) is 2. The van der Waals surface area contributed by atoms with Crippen LogP contribution in [0.5, 0.6) is 0 Å². The lowest BCUT2D eigenvalue weighted by atomic mass is 9.98. The molecule has 2 saturated heterocycles. The standard InChI is InChI=1S/C22H42N4O2.HI/c1-23-22(24-11-6-3-7-15-28-21-8-4-2-5-9-21)26-12-10-20(19-26)18-25-13-16-27-17-14-25;/h20-21H,2-19H2,1H3,(H,23,24);1H. The Kier molecular flexibility index (Phi) is 12.8. The highest BCUT2D eigenvalue weighted by atomic mass is 127. The summed E-state index contributed by atoms with van der Waals surface area (Å²) in [5.74, 6) is 1.84. The molecule has 0 aromatic rings. The van der Waals surface area contributed by atoms with Crippen LogP contribution in [0.4, 0.5) is 0 Å². The largest absolute Gasteiger partial charge is 0.379 e. The predicted molar refractivity (Wildman–Crippen MR) is 130 cm³/mol. The first-order valence-electron chi connectivity index (χ1n) is 11.7. The number of halogens is 1. The molecule has 0 amide bonds. The molecule has 3 rings (SSSR count). The van der Waals surface area contributed by atoms with E-state index in [-0.39, 0.29) is 24.0 Å². The molecular formula is C22H43IN4O2. The van der Waals surface area contributed by atoms with Gasteiger partial charge in [0, 0.05) is 52.9 Å². The summed E-state index contributed by atoms with van der Waals surface area (Å²) >= 11 is 0. The number of likely N-dealkylation sites (tertiary alicyclic amines) is 1. The van der Waals surface area contributed by atoms with Gasteiger partial charge >= 0.3 is 0 Å². The van der Waals surface area contributed by atoms with Gasteiger partial charge in [0.25, 0.3) is 0 Å². The van der Waals surface area contributed by atoms with Crippen LogP contribution < -0.4 is 5.32 Å². The van der Waals surface area contributed by atoms with Gasteiger partial charge in [0.2, 0.25) is 0 Å². The van der Waals surface area contributed by atoms with E-state index in [0.717, 1.165) is 64.4 Å². The van der Waals surface area contributed by atoms with E-state index in [1.165, 1.54) is 64.3 Å². The molecule has 0 spiro atoms. The number of aliphatic imine (C=N–C) groups is 1. The fourth-order valence-electron chi connectivity index (χ4n) is 4.74. The number of guanidine groups is 1. The number of morpholine rings is 1. The molecule has 0 radical (unpaired) electrons. The highest BCUT2D eigenvalue weighted by Gasteiger charge is 2.26. The second kappa shape index (κ2) is 14.8. The van der Waals surface area contributed by atoms with Gasteiger partial charge in [0.05, 0.1) is 19.3 Å². The van der Waals surface area contributed by atoms with Crippen molar-refractivity contribution in [2.45, 2.75) is 63.9 Å². The molecule has 1 saturated carbocycles. The molecule has 1 aliphatic carbocycles. The fourth-order valence-corrected chi connectivity index (χ4v) is 4.74. The van der Waals surface area contributed by atoms with Crippen molar-refractivity contribution < 1.29 is 9.47 Å². The molecule has 7 heteroatoms. The summed E-state index contributed by atoms with van der Waals surface area (Å²) in [6.45, 7) is 9.39. The number of nitrogens with one attached hydrogen (secondary N) is 1. The Hall–Kier alpha value is -0.120. The van der Waals surface area contributed by atoms with Gasteiger partial charge in [-0.15, -0.1) is 24.0 Å². The summed E-state index contributed by atoms with van der Waals surface area (Å²) in [6.07, 6.45) is 12.1. The molecule has 3 fully saturated rings. The van der Waals surface area contributed by atoms with Crippen LogP contribution in [0.2, 0.25) is 0 Å². The van der Waals surface area contributed by atoms with Gasteiger partial charge < -0.3 is 19.7 Å². The van der Waals surface area contributed by atoms with E-state index in [0.29, 0.717) is 6.10 Å². The van der Waals surface area contributed by atoms with Gasteiger partial charge in [0.1, 0.15) is 0 Å². The zero-order valence-electron chi connectivity index (χ0n) is 18.4. The molecule has 1 atom stereocenters. The third kappa shape index (κ3) is 9.27. The number of nitrogens with zero attached hydrogens (tertiary/aromatic N) is 3. The highest BCUT2D eigenvalue weighted by molar-refractivity contribution is 14.0. The molecule has 0 bridgehead atoms. The summed E-state index contributed by atoms with van der Waals surface area (Å²) < 4.78 is 11.5. The molecule has 1 N–H and O–H groups in total. The average molecular weight is 523 g/mol. The minimum absolute atomic E-state index is 0. The maximum absolute atomic E-state index is 6.02.